The quantitative estimate of drug-likeness (QED) is 0.471. The van der Waals surface area contributed by atoms with Gasteiger partial charge in [-0.3, -0.25) is 0 Å². The molecule has 0 aromatic heterocycles. The number of hydrogen-bond acceptors (Lipinski definition) is 1. The lowest BCUT2D eigenvalue weighted by Gasteiger charge is -2.44. The van der Waals surface area contributed by atoms with Crippen molar-refractivity contribution in [3.8, 4) is 0 Å². The van der Waals surface area contributed by atoms with Gasteiger partial charge in [0.05, 0.1) is 13.6 Å². The molecule has 1 aliphatic rings. The topological polar surface area (TPSA) is 20.2 Å². The van der Waals surface area contributed by atoms with E-state index in [2.05, 4.69) is 14.0 Å². The summed E-state index contributed by atoms with van der Waals surface area (Å²) in [5, 5.41) is 8.90. The summed E-state index contributed by atoms with van der Waals surface area (Å²) in [6.45, 7) is 5.22. The standard InChI is InChI=1S/C6H14NO/c1-3-7(2)4-6(8)5-7/h6,8H,3-5H2,1-2H3/q+1. The summed E-state index contributed by atoms with van der Waals surface area (Å²) < 4.78 is 1.06. The van der Waals surface area contributed by atoms with Gasteiger partial charge in [0.15, 0.2) is 6.10 Å². The van der Waals surface area contributed by atoms with Gasteiger partial charge in [0.1, 0.15) is 13.1 Å². The molecule has 48 valence electrons. The van der Waals surface area contributed by atoms with Gasteiger partial charge < -0.3 is 9.59 Å². The smallest absolute Gasteiger partial charge is 0.152 e. The molecule has 1 rings (SSSR count). The van der Waals surface area contributed by atoms with Gasteiger partial charge in [-0.15, -0.1) is 0 Å². The third kappa shape index (κ3) is 0.858. The van der Waals surface area contributed by atoms with Gasteiger partial charge in [-0.1, -0.05) is 0 Å². The average Bonchev–Trinajstić information content (AvgIpc) is 1.63. The molecule has 0 aromatic rings. The summed E-state index contributed by atoms with van der Waals surface area (Å²) >= 11 is 0. The van der Waals surface area contributed by atoms with E-state index in [1.165, 1.54) is 0 Å². The van der Waals surface area contributed by atoms with Gasteiger partial charge in [-0.25, -0.2) is 0 Å². The van der Waals surface area contributed by atoms with Crippen molar-refractivity contribution in [2.75, 3.05) is 26.7 Å². The van der Waals surface area contributed by atoms with Gasteiger partial charge in [-0.05, 0) is 6.92 Å². The molecule has 0 amide bonds. The Bertz CT molecular complexity index is 86.5. The maximum atomic E-state index is 8.90. The van der Waals surface area contributed by atoms with Crippen molar-refractivity contribution in [2.24, 2.45) is 0 Å². The molecular formula is C6H14NO+. The molecule has 0 atom stereocenters. The fourth-order valence-corrected chi connectivity index (χ4v) is 1.22. The van der Waals surface area contributed by atoms with Crippen LogP contribution in [-0.2, 0) is 0 Å². The third-order valence-corrected chi connectivity index (χ3v) is 2.07. The molecule has 0 aromatic carbocycles. The minimum absolute atomic E-state index is 0.0139. The molecule has 0 bridgehead atoms. The summed E-state index contributed by atoms with van der Waals surface area (Å²) in [5.41, 5.74) is 0. The van der Waals surface area contributed by atoms with E-state index in [0.717, 1.165) is 24.1 Å². The first-order valence-electron chi connectivity index (χ1n) is 3.18. The minimum Gasteiger partial charge on any atom is -0.382 e. The van der Waals surface area contributed by atoms with E-state index < -0.39 is 0 Å². The molecule has 0 unspecified atom stereocenters. The van der Waals surface area contributed by atoms with Crippen LogP contribution in [0, 0.1) is 0 Å². The number of likely N-dealkylation sites (N-methyl/N-ethyl adjacent to an activating group) is 1. The predicted octanol–water partition coefficient (Wildman–Crippen LogP) is -0.173. The third-order valence-electron chi connectivity index (χ3n) is 2.07. The molecule has 2 nitrogen and oxygen atoms in total. The Hall–Kier alpha value is -0.0800. The van der Waals surface area contributed by atoms with Crippen LogP contribution >= 0.6 is 0 Å². The van der Waals surface area contributed by atoms with Gasteiger partial charge >= 0.3 is 0 Å². The van der Waals surface area contributed by atoms with Gasteiger partial charge in [0.25, 0.3) is 0 Å². The fourth-order valence-electron chi connectivity index (χ4n) is 1.22. The van der Waals surface area contributed by atoms with Gasteiger partial charge in [0.2, 0.25) is 0 Å². The predicted molar refractivity (Wildman–Crippen MR) is 32.5 cm³/mol. The van der Waals surface area contributed by atoms with Crippen molar-refractivity contribution in [3.63, 3.8) is 0 Å². The van der Waals surface area contributed by atoms with Crippen LogP contribution in [0.1, 0.15) is 6.92 Å². The highest BCUT2D eigenvalue weighted by Crippen LogP contribution is 2.15. The van der Waals surface area contributed by atoms with E-state index in [1.54, 1.807) is 0 Å². The fraction of sp³-hybridized carbons (Fsp3) is 1.00. The molecule has 0 saturated carbocycles. The highest BCUT2D eigenvalue weighted by atomic mass is 16.3. The van der Waals surface area contributed by atoms with Crippen LogP contribution in [0.3, 0.4) is 0 Å². The van der Waals surface area contributed by atoms with Crippen molar-refractivity contribution >= 4 is 0 Å². The Labute approximate surface area is 50.3 Å². The van der Waals surface area contributed by atoms with E-state index in [-0.39, 0.29) is 6.10 Å². The lowest BCUT2D eigenvalue weighted by molar-refractivity contribution is -0.953. The molecule has 1 aliphatic heterocycles. The number of nitrogens with zero attached hydrogens (tertiary/aromatic N) is 1. The molecule has 1 saturated heterocycles. The number of rotatable bonds is 1. The number of likely N-dealkylation sites (tertiary alicyclic amines) is 1. The lowest BCUT2D eigenvalue weighted by Crippen LogP contribution is -2.63. The minimum atomic E-state index is -0.0139. The summed E-state index contributed by atoms with van der Waals surface area (Å²) in [6.07, 6.45) is -0.0139. The second-order valence-corrected chi connectivity index (χ2v) is 2.95. The van der Waals surface area contributed by atoms with Crippen molar-refractivity contribution in [3.05, 3.63) is 0 Å². The van der Waals surface area contributed by atoms with Crippen LogP contribution in [0.5, 0.6) is 0 Å². The molecule has 0 radical (unpaired) electrons. The van der Waals surface area contributed by atoms with Crippen molar-refractivity contribution in [2.45, 2.75) is 13.0 Å². The maximum Gasteiger partial charge on any atom is 0.152 e. The van der Waals surface area contributed by atoms with E-state index in [0.29, 0.717) is 0 Å². The first-order chi connectivity index (χ1) is 3.66. The Morgan fingerprint density at radius 2 is 2.12 bits per heavy atom. The van der Waals surface area contributed by atoms with Crippen molar-refractivity contribution in [1.82, 2.24) is 0 Å². The van der Waals surface area contributed by atoms with E-state index >= 15 is 0 Å². The van der Waals surface area contributed by atoms with E-state index in [4.69, 9.17) is 5.11 Å². The molecule has 1 fully saturated rings. The second kappa shape index (κ2) is 1.71. The summed E-state index contributed by atoms with van der Waals surface area (Å²) in [5.74, 6) is 0. The summed E-state index contributed by atoms with van der Waals surface area (Å²) in [6, 6.07) is 0. The van der Waals surface area contributed by atoms with Crippen LogP contribution in [0.15, 0.2) is 0 Å². The summed E-state index contributed by atoms with van der Waals surface area (Å²) in [7, 11) is 2.17. The zero-order chi connectivity index (χ0) is 6.20. The average molecular weight is 116 g/mol. The first-order valence-corrected chi connectivity index (χ1v) is 3.18. The molecule has 0 spiro atoms. The second-order valence-electron chi connectivity index (χ2n) is 2.95. The number of aliphatic hydroxyl groups excluding tert-OH is 1. The van der Waals surface area contributed by atoms with Crippen LogP contribution in [-0.4, -0.2) is 42.4 Å². The monoisotopic (exact) mass is 116 g/mol. The van der Waals surface area contributed by atoms with Crippen LogP contribution in [0.25, 0.3) is 0 Å². The highest BCUT2D eigenvalue weighted by molar-refractivity contribution is 4.63. The van der Waals surface area contributed by atoms with Crippen LogP contribution in [0.4, 0.5) is 0 Å². The Balaban J connectivity index is 2.30. The van der Waals surface area contributed by atoms with Gasteiger partial charge in [-0.2, -0.15) is 0 Å². The zero-order valence-corrected chi connectivity index (χ0v) is 5.59. The number of hydrogen-bond donors (Lipinski definition) is 1. The zero-order valence-electron chi connectivity index (χ0n) is 5.59. The molecule has 0 aliphatic carbocycles. The van der Waals surface area contributed by atoms with Crippen molar-refractivity contribution in [1.29, 1.82) is 0 Å². The molecule has 2 heteroatoms. The first kappa shape index (κ1) is 6.05. The highest BCUT2D eigenvalue weighted by Gasteiger charge is 2.37. The molecular weight excluding hydrogens is 102 g/mol. The number of aliphatic hydroxyl groups is 1. The number of quaternary nitrogens is 1. The summed E-state index contributed by atoms with van der Waals surface area (Å²) in [4.78, 5) is 0. The lowest BCUT2D eigenvalue weighted by atomic mass is 10.1. The molecule has 8 heavy (non-hydrogen) atoms. The molecule has 1 heterocycles. The normalized spacial score (nSPS) is 46.1. The van der Waals surface area contributed by atoms with Gasteiger partial charge in [0, 0.05) is 0 Å². The largest absolute Gasteiger partial charge is 0.382 e. The maximum absolute atomic E-state index is 8.90. The van der Waals surface area contributed by atoms with Crippen LogP contribution < -0.4 is 0 Å². The Morgan fingerprint density at radius 3 is 2.25 bits per heavy atom. The Morgan fingerprint density at radius 1 is 1.62 bits per heavy atom. The SMILES string of the molecule is CC[N+]1(C)CC(O)C1. The van der Waals surface area contributed by atoms with E-state index in [1.807, 2.05) is 0 Å². The van der Waals surface area contributed by atoms with E-state index in [9.17, 15) is 0 Å². The Kier molecular flexibility index (Phi) is 1.29. The van der Waals surface area contributed by atoms with Crippen LogP contribution in [0.2, 0.25) is 0 Å². The molecule has 1 N–H and O–H groups in total. The van der Waals surface area contributed by atoms with Crippen molar-refractivity contribution < 1.29 is 9.59 Å².